The number of benzene rings is 1. The van der Waals surface area contributed by atoms with Crippen molar-refractivity contribution in [2.24, 2.45) is 5.73 Å². The van der Waals surface area contributed by atoms with E-state index in [0.29, 0.717) is 5.56 Å². The van der Waals surface area contributed by atoms with Gasteiger partial charge in [-0.3, -0.25) is 14.4 Å². The van der Waals surface area contributed by atoms with E-state index in [2.05, 4.69) is 5.32 Å². The number of carboxylic acids is 2. The van der Waals surface area contributed by atoms with Crippen LogP contribution in [0.3, 0.4) is 0 Å². The lowest BCUT2D eigenvalue weighted by atomic mass is 10.1. The van der Waals surface area contributed by atoms with Crippen molar-refractivity contribution in [3.05, 3.63) is 29.8 Å². The van der Waals surface area contributed by atoms with Crippen molar-refractivity contribution in [1.29, 1.82) is 0 Å². The summed E-state index contributed by atoms with van der Waals surface area (Å²) in [5.74, 6) is -4.28. The van der Waals surface area contributed by atoms with Crippen LogP contribution in [0.15, 0.2) is 24.3 Å². The molecule has 142 valence electrons. The fourth-order valence-corrected chi connectivity index (χ4v) is 2.04. The Labute approximate surface area is 149 Å². The molecule has 0 saturated carbocycles. The lowest BCUT2D eigenvalue weighted by Gasteiger charge is -2.19. The highest BCUT2D eigenvalue weighted by Crippen LogP contribution is 2.11. The maximum Gasteiger partial charge on any atom is 0.326 e. The van der Waals surface area contributed by atoms with Crippen LogP contribution < -0.4 is 16.4 Å². The number of amides is 2. The first-order valence-corrected chi connectivity index (χ1v) is 7.69. The molecule has 0 heterocycles. The van der Waals surface area contributed by atoms with Gasteiger partial charge < -0.3 is 31.7 Å². The highest BCUT2D eigenvalue weighted by atomic mass is 16.4. The first kappa shape index (κ1) is 20.9. The van der Waals surface area contributed by atoms with Crippen molar-refractivity contribution < 1.29 is 34.5 Å². The second kappa shape index (κ2) is 9.37. The average molecular weight is 367 g/mol. The molecule has 2 amide bonds. The lowest BCUT2D eigenvalue weighted by Crippen LogP contribution is -2.53. The zero-order valence-electron chi connectivity index (χ0n) is 14.0. The summed E-state index contributed by atoms with van der Waals surface area (Å²) < 4.78 is 0. The first-order chi connectivity index (χ1) is 12.1. The summed E-state index contributed by atoms with van der Waals surface area (Å²) in [6.07, 6.45) is -0.626. The molecule has 0 fully saturated rings. The van der Waals surface area contributed by atoms with Gasteiger partial charge >= 0.3 is 11.9 Å². The number of carboxylic acid groups (broad SMARTS) is 2. The molecular weight excluding hydrogens is 346 g/mol. The molecule has 26 heavy (non-hydrogen) atoms. The van der Waals surface area contributed by atoms with E-state index in [9.17, 15) is 24.3 Å². The summed E-state index contributed by atoms with van der Waals surface area (Å²) in [4.78, 5) is 45.6. The van der Waals surface area contributed by atoms with Gasteiger partial charge in [0, 0.05) is 0 Å². The zero-order chi connectivity index (χ0) is 19.9. The Balaban J connectivity index is 2.58. The second-order valence-electron chi connectivity index (χ2n) is 5.70. The summed E-state index contributed by atoms with van der Waals surface area (Å²) >= 11 is 0. The predicted molar refractivity (Wildman–Crippen MR) is 89.2 cm³/mol. The molecule has 0 aromatic heterocycles. The number of rotatable bonds is 9. The van der Waals surface area contributed by atoms with Crippen LogP contribution in [0, 0.1) is 0 Å². The molecular formula is C16H21N3O7. The maximum atomic E-state index is 12.1. The number of aliphatic carboxylic acids is 2. The SMILES string of the molecule is C[C@H](NC(=O)[C@@H](N)Cc1ccc(O)cc1)C(=O)N[C@@H](CC(=O)O)C(=O)O. The van der Waals surface area contributed by atoms with Crippen molar-refractivity contribution in [2.45, 2.75) is 37.9 Å². The highest BCUT2D eigenvalue weighted by Gasteiger charge is 2.27. The number of nitrogens with two attached hydrogens (primary N) is 1. The highest BCUT2D eigenvalue weighted by molar-refractivity contribution is 5.92. The van der Waals surface area contributed by atoms with Crippen molar-refractivity contribution in [3.8, 4) is 5.75 Å². The van der Waals surface area contributed by atoms with Crippen molar-refractivity contribution in [3.63, 3.8) is 0 Å². The molecule has 10 nitrogen and oxygen atoms in total. The molecule has 7 N–H and O–H groups in total. The summed E-state index contributed by atoms with van der Waals surface area (Å²) in [5.41, 5.74) is 6.48. The van der Waals surface area contributed by atoms with Gasteiger partial charge in [0.1, 0.15) is 17.8 Å². The van der Waals surface area contributed by atoms with E-state index in [1.54, 1.807) is 12.1 Å². The van der Waals surface area contributed by atoms with Gasteiger partial charge in [0.05, 0.1) is 12.5 Å². The van der Waals surface area contributed by atoms with E-state index in [1.165, 1.54) is 19.1 Å². The van der Waals surface area contributed by atoms with Crippen LogP contribution in [0.1, 0.15) is 18.9 Å². The standard InChI is InChI=1S/C16H21N3O7/c1-8(14(23)19-12(16(25)26)7-13(21)22)18-15(24)11(17)6-9-2-4-10(20)5-3-9/h2-5,8,11-12,20H,6-7,17H2,1H3,(H,18,24)(H,19,23)(H,21,22)(H,25,26)/t8-,11-,12-/m0/s1. The molecule has 1 aromatic rings. The molecule has 0 radical (unpaired) electrons. The number of phenolic OH excluding ortho intramolecular Hbond substituents is 1. The van der Waals surface area contributed by atoms with Crippen LogP contribution in [0.4, 0.5) is 0 Å². The van der Waals surface area contributed by atoms with E-state index in [0.717, 1.165) is 0 Å². The number of phenols is 1. The third-order valence-corrected chi connectivity index (χ3v) is 3.47. The fraction of sp³-hybridized carbons (Fsp3) is 0.375. The summed E-state index contributed by atoms with van der Waals surface area (Å²) in [5, 5.41) is 31.1. The Kier molecular flexibility index (Phi) is 7.53. The van der Waals surface area contributed by atoms with Gasteiger partial charge in [-0.25, -0.2) is 4.79 Å². The Hall–Kier alpha value is -3.14. The quantitative estimate of drug-likeness (QED) is 0.315. The Bertz CT molecular complexity index is 675. The van der Waals surface area contributed by atoms with Crippen molar-refractivity contribution in [2.75, 3.05) is 0 Å². The van der Waals surface area contributed by atoms with Crippen LogP contribution in [0.5, 0.6) is 5.75 Å². The van der Waals surface area contributed by atoms with E-state index >= 15 is 0 Å². The van der Waals surface area contributed by atoms with Crippen LogP contribution >= 0.6 is 0 Å². The van der Waals surface area contributed by atoms with Gasteiger partial charge in [0.2, 0.25) is 11.8 Å². The molecule has 0 unspecified atom stereocenters. The average Bonchev–Trinajstić information content (AvgIpc) is 2.55. The minimum Gasteiger partial charge on any atom is -0.508 e. The van der Waals surface area contributed by atoms with Gasteiger partial charge in [0.15, 0.2) is 0 Å². The number of hydrogen-bond donors (Lipinski definition) is 6. The summed E-state index contributed by atoms with van der Waals surface area (Å²) in [7, 11) is 0. The molecule has 0 saturated heterocycles. The molecule has 0 spiro atoms. The van der Waals surface area contributed by atoms with Gasteiger partial charge in [0.25, 0.3) is 0 Å². The largest absolute Gasteiger partial charge is 0.508 e. The van der Waals surface area contributed by atoms with E-state index in [1.807, 2.05) is 5.32 Å². The number of carbonyl (C=O) groups excluding carboxylic acids is 2. The Morgan fingerprint density at radius 1 is 1.04 bits per heavy atom. The third-order valence-electron chi connectivity index (χ3n) is 3.47. The molecule has 10 heteroatoms. The predicted octanol–water partition coefficient (Wildman–Crippen LogP) is -1.19. The molecule has 0 aliphatic heterocycles. The van der Waals surface area contributed by atoms with Gasteiger partial charge in [-0.15, -0.1) is 0 Å². The minimum atomic E-state index is -1.61. The summed E-state index contributed by atoms with van der Waals surface area (Å²) in [6.45, 7) is 1.32. The normalized spacial score (nSPS) is 13.9. The van der Waals surface area contributed by atoms with Gasteiger partial charge in [-0.1, -0.05) is 12.1 Å². The molecule has 1 aromatic carbocycles. The van der Waals surface area contributed by atoms with E-state index < -0.39 is 48.3 Å². The van der Waals surface area contributed by atoms with Crippen molar-refractivity contribution >= 4 is 23.8 Å². The topological polar surface area (TPSA) is 179 Å². The third kappa shape index (κ3) is 6.77. The van der Waals surface area contributed by atoms with Crippen molar-refractivity contribution in [1.82, 2.24) is 10.6 Å². The number of aromatic hydroxyl groups is 1. The molecule has 1 rings (SSSR count). The van der Waals surface area contributed by atoms with E-state index in [4.69, 9.17) is 15.9 Å². The number of carbonyl (C=O) groups is 4. The summed E-state index contributed by atoms with van der Waals surface area (Å²) in [6, 6.07) is 2.41. The Morgan fingerprint density at radius 3 is 2.12 bits per heavy atom. The maximum absolute atomic E-state index is 12.1. The smallest absolute Gasteiger partial charge is 0.326 e. The lowest BCUT2D eigenvalue weighted by molar-refractivity contribution is -0.147. The number of nitrogens with one attached hydrogen (secondary N) is 2. The van der Waals surface area contributed by atoms with Gasteiger partial charge in [-0.05, 0) is 31.0 Å². The van der Waals surface area contributed by atoms with Crippen LogP contribution in [0.2, 0.25) is 0 Å². The number of hydrogen-bond acceptors (Lipinski definition) is 6. The Morgan fingerprint density at radius 2 is 1.62 bits per heavy atom. The monoisotopic (exact) mass is 367 g/mol. The molecule has 0 aliphatic rings. The van der Waals surface area contributed by atoms with Gasteiger partial charge in [-0.2, -0.15) is 0 Å². The zero-order valence-corrected chi connectivity index (χ0v) is 14.0. The molecule has 0 aliphatic carbocycles. The van der Waals surface area contributed by atoms with Crippen LogP contribution in [-0.4, -0.2) is 57.2 Å². The molecule has 0 bridgehead atoms. The minimum absolute atomic E-state index is 0.0754. The molecule has 3 atom stereocenters. The van der Waals surface area contributed by atoms with E-state index in [-0.39, 0.29) is 12.2 Å². The van der Waals surface area contributed by atoms with Crippen LogP contribution in [-0.2, 0) is 25.6 Å². The van der Waals surface area contributed by atoms with Crippen LogP contribution in [0.25, 0.3) is 0 Å². The fourth-order valence-electron chi connectivity index (χ4n) is 2.04. The first-order valence-electron chi connectivity index (χ1n) is 7.69. The second-order valence-corrected chi connectivity index (χ2v) is 5.70.